The van der Waals surface area contributed by atoms with Crippen LogP contribution in [0.4, 0.5) is 15.9 Å². The van der Waals surface area contributed by atoms with Crippen LogP contribution in [0.15, 0.2) is 36.5 Å². The van der Waals surface area contributed by atoms with Gasteiger partial charge in [-0.2, -0.15) is 0 Å². The van der Waals surface area contributed by atoms with Crippen molar-refractivity contribution in [2.45, 2.75) is 52.8 Å². The van der Waals surface area contributed by atoms with Crippen LogP contribution in [0.5, 0.6) is 0 Å². The van der Waals surface area contributed by atoms with Gasteiger partial charge in [0.1, 0.15) is 5.60 Å². The summed E-state index contributed by atoms with van der Waals surface area (Å²) in [6.45, 7) is 11.6. The van der Waals surface area contributed by atoms with E-state index in [1.807, 2.05) is 71.4 Å². The van der Waals surface area contributed by atoms with Crippen LogP contribution in [0, 0.1) is 0 Å². The lowest BCUT2D eigenvalue weighted by molar-refractivity contribution is 0.0523. The Labute approximate surface area is 217 Å². The van der Waals surface area contributed by atoms with Gasteiger partial charge < -0.3 is 25.6 Å². The van der Waals surface area contributed by atoms with Gasteiger partial charge in [0, 0.05) is 37.4 Å². The van der Waals surface area contributed by atoms with Gasteiger partial charge in [0.05, 0.1) is 16.3 Å². The topological polar surface area (TPSA) is 104 Å². The molecule has 194 valence electrons. The molecule has 0 unspecified atom stereocenters. The first-order chi connectivity index (χ1) is 17.0. The second-order valence-corrected chi connectivity index (χ2v) is 11.1. The van der Waals surface area contributed by atoms with Gasteiger partial charge in [-0.25, -0.2) is 19.7 Å². The fourth-order valence-corrected chi connectivity index (χ4v) is 4.22. The van der Waals surface area contributed by atoms with Crippen molar-refractivity contribution < 1.29 is 9.53 Å². The number of alkyl carbamates (subject to hydrolysis) is 1. The minimum absolute atomic E-state index is 0.289. The number of benzene rings is 1. The summed E-state index contributed by atoms with van der Waals surface area (Å²) in [4.78, 5) is 29.4. The number of carbonyl (C=O) groups excluding carboxylic acids is 1. The molecule has 0 atom stereocenters. The summed E-state index contributed by atoms with van der Waals surface area (Å²) in [5, 5.41) is 10.4. The number of thiazole rings is 1. The first-order valence-electron chi connectivity index (χ1n) is 12.1. The summed E-state index contributed by atoms with van der Waals surface area (Å²) in [5.41, 5.74) is 2.84. The Bertz CT molecular complexity index is 1160. The number of amides is 1. The molecule has 0 aliphatic heterocycles. The molecule has 0 aliphatic rings. The Morgan fingerprint density at radius 2 is 1.86 bits per heavy atom. The highest BCUT2D eigenvalue weighted by Gasteiger charge is 2.17. The third kappa shape index (κ3) is 8.46. The van der Waals surface area contributed by atoms with Crippen LogP contribution in [-0.2, 0) is 11.3 Å². The van der Waals surface area contributed by atoms with Crippen LogP contribution in [0.2, 0.25) is 0 Å². The standard InChI is InChI=1S/C26H37N7O2S/c1-17(2)30-24-28-16-22(36-24)21-14-20(31-23(32-21)27-12-13-33(6)7)19-11-9-8-10-18(19)15-29-25(34)35-26(3,4)5/h8-11,14,16-17H,12-13,15H2,1-7H3,(H,28,30)(H,29,34)(H,27,31,32). The molecule has 1 aromatic carbocycles. The van der Waals surface area contributed by atoms with Crippen molar-refractivity contribution in [2.75, 3.05) is 37.8 Å². The number of anilines is 2. The van der Waals surface area contributed by atoms with Crippen LogP contribution in [0.25, 0.3) is 21.8 Å². The SMILES string of the molecule is CC(C)Nc1ncc(-c2cc(-c3ccccc3CNC(=O)OC(C)(C)C)nc(NCCN(C)C)n2)s1. The molecule has 9 nitrogen and oxygen atoms in total. The molecular formula is C26H37N7O2S. The Hall–Kier alpha value is -3.24. The van der Waals surface area contributed by atoms with Crippen molar-refractivity contribution in [1.29, 1.82) is 0 Å². The van der Waals surface area contributed by atoms with Crippen LogP contribution in [0.3, 0.4) is 0 Å². The fourth-order valence-electron chi connectivity index (χ4n) is 3.29. The van der Waals surface area contributed by atoms with Crippen LogP contribution >= 0.6 is 11.3 Å². The maximum absolute atomic E-state index is 12.2. The monoisotopic (exact) mass is 511 g/mol. The maximum atomic E-state index is 12.2. The molecule has 10 heteroatoms. The van der Waals surface area contributed by atoms with E-state index in [4.69, 9.17) is 14.7 Å². The lowest BCUT2D eigenvalue weighted by Crippen LogP contribution is -2.32. The van der Waals surface area contributed by atoms with E-state index in [9.17, 15) is 4.79 Å². The molecular weight excluding hydrogens is 474 g/mol. The van der Waals surface area contributed by atoms with Crippen LogP contribution < -0.4 is 16.0 Å². The van der Waals surface area contributed by atoms with Gasteiger partial charge in [-0.3, -0.25) is 0 Å². The normalized spacial score (nSPS) is 11.6. The number of hydrogen-bond donors (Lipinski definition) is 3. The summed E-state index contributed by atoms with van der Waals surface area (Å²) < 4.78 is 5.39. The molecule has 0 saturated heterocycles. The molecule has 1 amide bonds. The first kappa shape index (κ1) is 27.3. The second kappa shape index (κ2) is 12.1. The molecule has 0 aliphatic carbocycles. The van der Waals surface area contributed by atoms with Gasteiger partial charge in [-0.15, -0.1) is 0 Å². The van der Waals surface area contributed by atoms with E-state index in [1.54, 1.807) is 11.3 Å². The highest BCUT2D eigenvalue weighted by Crippen LogP contribution is 2.32. The minimum Gasteiger partial charge on any atom is -0.444 e. The average Bonchev–Trinajstić information content (AvgIpc) is 3.24. The number of nitrogens with one attached hydrogen (secondary N) is 3. The molecule has 2 aromatic heterocycles. The summed E-state index contributed by atoms with van der Waals surface area (Å²) >= 11 is 1.56. The highest BCUT2D eigenvalue weighted by atomic mass is 32.1. The number of aromatic nitrogens is 3. The lowest BCUT2D eigenvalue weighted by atomic mass is 10.0. The zero-order valence-corrected chi connectivity index (χ0v) is 23.0. The van der Waals surface area contributed by atoms with E-state index in [2.05, 4.69) is 39.7 Å². The molecule has 0 spiro atoms. The van der Waals surface area contributed by atoms with Crippen molar-refractivity contribution in [3.63, 3.8) is 0 Å². The number of rotatable bonds is 10. The number of carbonyl (C=O) groups is 1. The van der Waals surface area contributed by atoms with E-state index in [1.165, 1.54) is 0 Å². The Kier molecular flexibility index (Phi) is 9.22. The van der Waals surface area contributed by atoms with E-state index >= 15 is 0 Å². The van der Waals surface area contributed by atoms with Crippen LogP contribution in [0.1, 0.15) is 40.2 Å². The molecule has 0 fully saturated rings. The third-order valence-electron chi connectivity index (χ3n) is 4.85. The summed E-state index contributed by atoms with van der Waals surface area (Å²) in [6.07, 6.45) is 1.38. The molecule has 3 rings (SSSR count). The lowest BCUT2D eigenvalue weighted by Gasteiger charge is -2.20. The van der Waals surface area contributed by atoms with Crippen molar-refractivity contribution in [2.24, 2.45) is 0 Å². The van der Waals surface area contributed by atoms with E-state index in [0.29, 0.717) is 19.0 Å². The largest absolute Gasteiger partial charge is 0.444 e. The number of hydrogen-bond acceptors (Lipinski definition) is 9. The number of ether oxygens (including phenoxy) is 1. The van der Waals surface area contributed by atoms with Gasteiger partial charge in [0.25, 0.3) is 0 Å². The van der Waals surface area contributed by atoms with Crippen molar-refractivity contribution >= 4 is 28.5 Å². The van der Waals surface area contributed by atoms with E-state index in [0.717, 1.165) is 39.1 Å². The molecule has 3 N–H and O–H groups in total. The zero-order chi connectivity index (χ0) is 26.3. The van der Waals surface area contributed by atoms with E-state index in [-0.39, 0.29) is 6.04 Å². The average molecular weight is 512 g/mol. The maximum Gasteiger partial charge on any atom is 0.407 e. The Morgan fingerprint density at radius 3 is 2.56 bits per heavy atom. The summed E-state index contributed by atoms with van der Waals surface area (Å²) in [5.74, 6) is 0.547. The predicted octanol–water partition coefficient (Wildman–Crippen LogP) is 5.09. The van der Waals surface area contributed by atoms with Gasteiger partial charge in [0.15, 0.2) is 5.13 Å². The molecule has 0 radical (unpaired) electrons. The summed E-state index contributed by atoms with van der Waals surface area (Å²) in [6, 6.07) is 10.1. The van der Waals surface area contributed by atoms with Gasteiger partial charge in [0.2, 0.25) is 5.95 Å². The quantitative estimate of drug-likeness (QED) is 0.346. The Balaban J connectivity index is 1.93. The Morgan fingerprint density at radius 1 is 1.14 bits per heavy atom. The van der Waals surface area contributed by atoms with Crippen molar-refractivity contribution in [3.05, 3.63) is 42.1 Å². The molecule has 36 heavy (non-hydrogen) atoms. The minimum atomic E-state index is -0.559. The fraction of sp³-hybridized carbons (Fsp3) is 0.462. The number of likely N-dealkylation sites (N-methyl/N-ethyl adjacent to an activating group) is 1. The molecule has 3 aromatic rings. The van der Waals surface area contributed by atoms with Crippen molar-refractivity contribution in [3.8, 4) is 21.8 Å². The highest BCUT2D eigenvalue weighted by molar-refractivity contribution is 7.18. The molecule has 2 heterocycles. The third-order valence-corrected chi connectivity index (χ3v) is 5.81. The second-order valence-electron chi connectivity index (χ2n) is 10.0. The van der Waals surface area contributed by atoms with E-state index < -0.39 is 11.7 Å². The molecule has 0 saturated carbocycles. The first-order valence-corrected chi connectivity index (χ1v) is 12.9. The molecule has 0 bridgehead atoms. The van der Waals surface area contributed by atoms with Crippen LogP contribution in [-0.4, -0.2) is 64.8 Å². The smallest absolute Gasteiger partial charge is 0.407 e. The summed E-state index contributed by atoms with van der Waals surface area (Å²) in [7, 11) is 4.05. The van der Waals surface area contributed by atoms with Crippen molar-refractivity contribution in [1.82, 2.24) is 25.2 Å². The zero-order valence-electron chi connectivity index (χ0n) is 22.2. The number of nitrogens with zero attached hydrogens (tertiary/aromatic N) is 4. The predicted molar refractivity (Wildman–Crippen MR) is 147 cm³/mol. The van der Waals surface area contributed by atoms with Gasteiger partial charge in [-0.05, 0) is 60.3 Å². The van der Waals surface area contributed by atoms with Gasteiger partial charge >= 0.3 is 6.09 Å². The van der Waals surface area contributed by atoms with Gasteiger partial charge in [-0.1, -0.05) is 35.6 Å².